The van der Waals surface area contributed by atoms with Crippen LogP contribution >= 0.6 is 21.6 Å². The van der Waals surface area contributed by atoms with E-state index < -0.39 is 120 Å². The number of hydrogen-bond donors (Lipinski definition) is 14. The fraction of sp³-hybridized carbons (Fsp3) is 0.442. The van der Waals surface area contributed by atoms with Crippen LogP contribution in [0.3, 0.4) is 0 Å². The Hall–Kier alpha value is -7.23. The van der Waals surface area contributed by atoms with Gasteiger partial charge >= 0.3 is 5.97 Å². The number of rotatable bonds is 20. The van der Waals surface area contributed by atoms with E-state index >= 15 is 0 Å². The highest BCUT2D eigenvalue weighted by atomic mass is 33.1. The van der Waals surface area contributed by atoms with Crippen LogP contribution in [0.5, 0.6) is 5.75 Å². The van der Waals surface area contributed by atoms with Crippen molar-refractivity contribution in [2.24, 2.45) is 5.73 Å². The van der Waals surface area contributed by atoms with E-state index in [2.05, 4.69) is 47.5 Å². The molecule has 8 amide bonds. The van der Waals surface area contributed by atoms with Gasteiger partial charge in [0.1, 0.15) is 54.6 Å². The number of nitrogens with one attached hydrogen (secondary N) is 9. The number of carbonyl (C=O) groups is 9. The van der Waals surface area contributed by atoms with Gasteiger partial charge in [-0.25, -0.2) is 4.79 Å². The zero-order valence-electron chi connectivity index (χ0n) is 43.2. The molecule has 1 aromatic heterocycles. The number of aromatic hydroxyl groups is 1. The highest BCUT2D eigenvalue weighted by Crippen LogP contribution is 2.25. The monoisotopic (exact) mass is 1120 g/mol. The Balaban J connectivity index is 1.62. The summed E-state index contributed by atoms with van der Waals surface area (Å²) in [5.74, 6) is -9.71. The molecule has 78 heavy (non-hydrogen) atoms. The molecule has 5 rings (SSSR count). The summed E-state index contributed by atoms with van der Waals surface area (Å²) >= 11 is 0. The topological polar surface area (TPSA) is 382 Å². The van der Waals surface area contributed by atoms with Crippen molar-refractivity contribution in [3.63, 3.8) is 0 Å². The Morgan fingerprint density at radius 1 is 0.731 bits per heavy atom. The number of phenolic OH excluding ortho intramolecular Hbond substituents is 1. The zero-order chi connectivity index (χ0) is 56.9. The van der Waals surface area contributed by atoms with Crippen LogP contribution in [0.15, 0.2) is 85.1 Å². The van der Waals surface area contributed by atoms with Gasteiger partial charge in [-0.15, -0.1) is 0 Å². The first-order valence-corrected chi connectivity index (χ1v) is 27.6. The predicted octanol–water partition coefficient (Wildman–Crippen LogP) is -1.20. The van der Waals surface area contributed by atoms with Gasteiger partial charge in [0.2, 0.25) is 47.3 Å². The number of aliphatic hydroxyl groups is 2. The quantitative estimate of drug-likeness (QED) is 0.0365. The molecule has 1 aliphatic heterocycles. The van der Waals surface area contributed by atoms with E-state index in [-0.39, 0.29) is 55.9 Å². The number of aromatic amines is 1. The third-order valence-corrected chi connectivity index (χ3v) is 14.9. The minimum absolute atomic E-state index is 0.0355. The van der Waals surface area contributed by atoms with Crippen molar-refractivity contribution >= 4 is 85.7 Å². The molecule has 0 aliphatic carbocycles. The van der Waals surface area contributed by atoms with Crippen LogP contribution in [0.2, 0.25) is 0 Å². The minimum Gasteiger partial charge on any atom is -0.508 e. The number of nitrogens with two attached hydrogens (primary N) is 1. The van der Waals surface area contributed by atoms with Gasteiger partial charge in [-0.2, -0.15) is 0 Å². The van der Waals surface area contributed by atoms with E-state index in [9.17, 15) is 63.6 Å². The van der Waals surface area contributed by atoms with Crippen LogP contribution in [-0.2, 0) is 67.2 Å². The lowest BCUT2D eigenvalue weighted by molar-refractivity contribution is -0.145. The standard InChI is InChI=1S/C52H68N10O14S2/c1-28(63)43-51(73)60-41(50(72)62-44(29(2)64)52(74)75)27-78-77-26-40(59-46(68)37(55-42(66)25-76-3)21-30-11-5-4-6-12-30)49(71)57-38(22-31-16-18-33(65)19-17-31)47(69)58-39(23-32-24-54-35-14-8-7-13-34(32)35)48(70)56-36(45(67)61-43)15-9-10-20-53/h4-8,11-14,16-19,24,28-29,36-41,43-44,54,63-65H,9-10,15,20-23,25-27,53H2,1-3H3,(H,55,66)(H,56,70)(H,57,71)(H,58,69)(H,59,68)(H,60,73)(H,61,67)(H,62,72)(H,74,75)/t28?,29?,36-,37+,38-,39+,40-,41-,43-,44-/m0/s1. The maximum atomic E-state index is 14.9. The maximum Gasteiger partial charge on any atom is 0.328 e. The molecular weight excluding hydrogens is 1050 g/mol. The second-order valence-electron chi connectivity index (χ2n) is 18.6. The summed E-state index contributed by atoms with van der Waals surface area (Å²) in [6.07, 6.45) is -1.36. The van der Waals surface area contributed by atoms with Crippen LogP contribution in [0.1, 0.15) is 49.8 Å². The fourth-order valence-electron chi connectivity index (χ4n) is 8.24. The second-order valence-corrected chi connectivity index (χ2v) is 21.2. The normalized spacial score (nSPS) is 21.7. The third-order valence-electron chi connectivity index (χ3n) is 12.5. The number of para-hydroxylation sites is 1. The molecule has 1 aliphatic rings. The number of H-pyrrole nitrogens is 1. The van der Waals surface area contributed by atoms with Crippen molar-refractivity contribution in [3.8, 4) is 5.75 Å². The SMILES string of the molecule is COCC(=O)N[C@H](Cc1ccccc1)C(=O)N[C@H]1CSSC[C@@H](C(=O)N[C@H](C(=O)O)C(C)O)NC(=O)[C@H](C(C)O)NC(=O)[C@H](CCCCN)NC(=O)[C@@H](Cc2c[nH]c3ccccc23)NC(=O)[C@H](Cc2ccc(O)cc2)NC1=O. The summed E-state index contributed by atoms with van der Waals surface area (Å²) in [6.45, 7) is 2.12. The Kier molecular flexibility index (Phi) is 24.2. The number of amides is 8. The number of fused-ring (bicyclic) bond motifs is 1. The molecule has 0 saturated carbocycles. The molecule has 15 N–H and O–H groups in total. The highest BCUT2D eigenvalue weighted by molar-refractivity contribution is 8.76. The Bertz CT molecular complexity index is 2700. The lowest BCUT2D eigenvalue weighted by Crippen LogP contribution is -2.62. The van der Waals surface area contributed by atoms with E-state index in [4.69, 9.17) is 10.5 Å². The number of aliphatic hydroxyl groups excluding tert-OH is 2. The molecule has 1 fully saturated rings. The number of carbonyl (C=O) groups excluding carboxylic acids is 8. The number of methoxy groups -OCH3 is 1. The number of benzene rings is 3. The van der Waals surface area contributed by atoms with Crippen molar-refractivity contribution in [1.82, 2.24) is 47.5 Å². The predicted molar refractivity (Wildman–Crippen MR) is 290 cm³/mol. The lowest BCUT2D eigenvalue weighted by atomic mass is 10.0. The Labute approximate surface area is 457 Å². The molecule has 26 heteroatoms. The molecule has 0 bridgehead atoms. The Morgan fingerprint density at radius 3 is 2.01 bits per heavy atom. The highest BCUT2D eigenvalue weighted by Gasteiger charge is 2.37. The summed E-state index contributed by atoms with van der Waals surface area (Å²) < 4.78 is 4.98. The number of unbranched alkanes of at least 4 members (excludes halogenated alkanes) is 1. The largest absolute Gasteiger partial charge is 0.508 e. The van der Waals surface area contributed by atoms with Crippen molar-refractivity contribution < 1.29 is 68.3 Å². The molecule has 3 aromatic carbocycles. The van der Waals surface area contributed by atoms with Crippen molar-refractivity contribution in [3.05, 3.63) is 102 Å². The van der Waals surface area contributed by atoms with Gasteiger partial charge in [0.25, 0.3) is 0 Å². The maximum absolute atomic E-state index is 14.9. The molecule has 1 saturated heterocycles. The number of ether oxygens (including phenoxy) is 1. The number of aromatic nitrogens is 1. The van der Waals surface area contributed by atoms with Gasteiger partial charge in [-0.05, 0) is 74.5 Å². The summed E-state index contributed by atoms with van der Waals surface area (Å²) in [4.78, 5) is 129. The molecule has 10 atom stereocenters. The summed E-state index contributed by atoms with van der Waals surface area (Å²) in [5, 5.41) is 62.4. The summed E-state index contributed by atoms with van der Waals surface area (Å²) in [6, 6.07) is 9.18. The molecule has 4 aromatic rings. The van der Waals surface area contributed by atoms with E-state index in [0.29, 0.717) is 34.0 Å². The van der Waals surface area contributed by atoms with Gasteiger partial charge in [-0.3, -0.25) is 38.4 Å². The van der Waals surface area contributed by atoms with Gasteiger partial charge in [-0.1, -0.05) is 82.3 Å². The second kappa shape index (κ2) is 30.6. The van der Waals surface area contributed by atoms with E-state index in [1.54, 1.807) is 54.7 Å². The van der Waals surface area contributed by atoms with Crippen LogP contribution in [0, 0.1) is 0 Å². The van der Waals surface area contributed by atoms with Gasteiger partial charge < -0.3 is 78.4 Å². The van der Waals surface area contributed by atoms with Crippen molar-refractivity contribution in [2.45, 2.75) is 113 Å². The fourth-order valence-corrected chi connectivity index (χ4v) is 10.6. The van der Waals surface area contributed by atoms with Crippen molar-refractivity contribution in [1.29, 1.82) is 0 Å². The first-order chi connectivity index (χ1) is 37.3. The van der Waals surface area contributed by atoms with Crippen LogP contribution in [0.25, 0.3) is 10.9 Å². The first kappa shape index (κ1) is 61.6. The molecule has 24 nitrogen and oxygen atoms in total. The average Bonchev–Trinajstić information content (AvgIpc) is 3.82. The zero-order valence-corrected chi connectivity index (χ0v) is 44.8. The molecule has 2 unspecified atom stereocenters. The van der Waals surface area contributed by atoms with E-state index in [1.807, 2.05) is 6.07 Å². The molecule has 0 radical (unpaired) electrons. The molecule has 422 valence electrons. The van der Waals surface area contributed by atoms with Crippen molar-refractivity contribution in [2.75, 3.05) is 31.8 Å². The lowest BCUT2D eigenvalue weighted by Gasteiger charge is -2.29. The molecule has 0 spiro atoms. The average molecular weight is 1120 g/mol. The van der Waals surface area contributed by atoms with E-state index in [0.717, 1.165) is 28.5 Å². The molecular formula is C52H68N10O14S2. The smallest absolute Gasteiger partial charge is 0.328 e. The number of aliphatic carboxylic acids is 1. The van der Waals surface area contributed by atoms with Crippen LogP contribution < -0.4 is 48.3 Å². The first-order valence-electron chi connectivity index (χ1n) is 25.1. The summed E-state index contributed by atoms with van der Waals surface area (Å²) in [7, 11) is 3.07. The van der Waals surface area contributed by atoms with Gasteiger partial charge in [0, 0.05) is 55.0 Å². The van der Waals surface area contributed by atoms with Crippen LogP contribution in [-0.4, -0.2) is 171 Å². The minimum atomic E-state index is -1.85. The summed E-state index contributed by atoms with van der Waals surface area (Å²) in [5.41, 5.74) is 8.17. The van der Waals surface area contributed by atoms with Gasteiger partial charge in [0.05, 0.1) is 12.2 Å². The van der Waals surface area contributed by atoms with Gasteiger partial charge in [0.15, 0.2) is 6.04 Å². The third kappa shape index (κ3) is 18.8. The van der Waals surface area contributed by atoms with E-state index in [1.165, 1.54) is 38.3 Å². The number of phenols is 1. The molecule has 2 heterocycles. The Morgan fingerprint density at radius 2 is 1.36 bits per heavy atom. The number of carboxylic acid groups (broad SMARTS) is 1. The number of hydrogen-bond acceptors (Lipinski definition) is 16. The number of carboxylic acids is 1. The van der Waals surface area contributed by atoms with Crippen LogP contribution in [0.4, 0.5) is 0 Å².